The van der Waals surface area contributed by atoms with Crippen LogP contribution >= 0.6 is 22.9 Å². The number of hydrogen-bond acceptors (Lipinski definition) is 8. The summed E-state index contributed by atoms with van der Waals surface area (Å²) in [5.41, 5.74) is 3.27. The number of methoxy groups -OCH3 is 1. The van der Waals surface area contributed by atoms with Crippen molar-refractivity contribution in [3.63, 3.8) is 0 Å². The third-order valence-electron chi connectivity index (χ3n) is 6.00. The Morgan fingerprint density at radius 1 is 1.16 bits per heavy atom. The fourth-order valence-electron chi connectivity index (χ4n) is 4.18. The highest BCUT2D eigenvalue weighted by atomic mass is 35.5. The van der Waals surface area contributed by atoms with Crippen LogP contribution in [0.2, 0.25) is 5.02 Å². The van der Waals surface area contributed by atoms with E-state index in [1.807, 2.05) is 48.5 Å². The van der Waals surface area contributed by atoms with Gasteiger partial charge in [-0.2, -0.15) is 0 Å². The van der Waals surface area contributed by atoms with E-state index in [0.29, 0.717) is 34.5 Å². The van der Waals surface area contributed by atoms with Gasteiger partial charge in [-0.3, -0.25) is 4.79 Å². The molecule has 0 aliphatic carbocycles. The summed E-state index contributed by atoms with van der Waals surface area (Å²) in [5.74, 6) is 0.0785. The Hall–Kier alpha value is -3.27. The molecule has 1 aliphatic rings. The van der Waals surface area contributed by atoms with Gasteiger partial charge in [-0.05, 0) is 49.2 Å². The number of amides is 1. The van der Waals surface area contributed by atoms with Gasteiger partial charge >= 0.3 is 5.97 Å². The van der Waals surface area contributed by atoms with Crippen molar-refractivity contribution in [1.29, 1.82) is 0 Å². The summed E-state index contributed by atoms with van der Waals surface area (Å²) < 4.78 is 16.3. The van der Waals surface area contributed by atoms with Crippen LogP contribution < -0.4 is 20.3 Å². The van der Waals surface area contributed by atoms with E-state index < -0.39 is 0 Å². The zero-order valence-electron chi connectivity index (χ0n) is 21.0. The van der Waals surface area contributed by atoms with Gasteiger partial charge in [0, 0.05) is 41.8 Å². The molecule has 1 aromatic heterocycles. The third kappa shape index (κ3) is 6.54. The van der Waals surface area contributed by atoms with E-state index in [1.165, 1.54) is 11.3 Å². The van der Waals surface area contributed by atoms with Crippen LogP contribution in [0.3, 0.4) is 0 Å². The number of esters is 1. The molecule has 2 heterocycles. The molecule has 1 aliphatic heterocycles. The van der Waals surface area contributed by atoms with Gasteiger partial charge < -0.3 is 29.7 Å². The first-order valence-corrected chi connectivity index (χ1v) is 13.2. The molecule has 8 nitrogen and oxygen atoms in total. The normalized spacial score (nSPS) is 14.9. The Morgan fingerprint density at radius 3 is 2.65 bits per heavy atom. The molecule has 0 saturated carbocycles. The van der Waals surface area contributed by atoms with E-state index in [2.05, 4.69) is 15.5 Å². The predicted molar refractivity (Wildman–Crippen MR) is 148 cm³/mol. The summed E-state index contributed by atoms with van der Waals surface area (Å²) in [6.45, 7) is 3.46. The van der Waals surface area contributed by atoms with Gasteiger partial charge in [0.2, 0.25) is 0 Å². The molecule has 1 amide bonds. The van der Waals surface area contributed by atoms with Crippen molar-refractivity contribution in [2.45, 2.75) is 19.4 Å². The second-order valence-corrected chi connectivity index (χ2v) is 9.91. The number of thiophene rings is 1. The first-order valence-electron chi connectivity index (χ1n) is 12.0. The summed E-state index contributed by atoms with van der Waals surface area (Å²) in [6.07, 6.45) is 0.726. The van der Waals surface area contributed by atoms with Crippen LogP contribution in [0, 0.1) is 0 Å². The molecule has 1 saturated heterocycles. The molecule has 37 heavy (non-hydrogen) atoms. The van der Waals surface area contributed by atoms with Crippen molar-refractivity contribution < 1.29 is 23.8 Å². The van der Waals surface area contributed by atoms with Crippen molar-refractivity contribution in [2.24, 2.45) is 0 Å². The summed E-state index contributed by atoms with van der Waals surface area (Å²) in [7, 11) is 3.40. The Bertz CT molecular complexity index is 1250. The first-order chi connectivity index (χ1) is 17.9. The summed E-state index contributed by atoms with van der Waals surface area (Å²) in [5, 5.41) is 6.77. The molecule has 2 N–H and O–H groups in total. The van der Waals surface area contributed by atoms with Crippen LogP contribution in [-0.4, -0.2) is 58.4 Å². The lowest BCUT2D eigenvalue weighted by molar-refractivity contribution is -0.150. The first kappa shape index (κ1) is 26.8. The smallest absolute Gasteiger partial charge is 0.332 e. The van der Waals surface area contributed by atoms with Crippen LogP contribution in [-0.2, 0) is 14.3 Å². The lowest BCUT2D eigenvalue weighted by Crippen LogP contribution is -2.25. The van der Waals surface area contributed by atoms with Gasteiger partial charge in [-0.15, -0.1) is 11.3 Å². The Balaban J connectivity index is 1.44. The van der Waals surface area contributed by atoms with Gasteiger partial charge in [-0.1, -0.05) is 23.7 Å². The number of rotatable bonds is 10. The second-order valence-electron chi connectivity index (χ2n) is 8.42. The van der Waals surface area contributed by atoms with E-state index in [-0.39, 0.29) is 24.6 Å². The van der Waals surface area contributed by atoms with Gasteiger partial charge in [0.1, 0.15) is 17.2 Å². The van der Waals surface area contributed by atoms with Crippen LogP contribution in [0.5, 0.6) is 5.75 Å². The Labute approximate surface area is 225 Å². The molecule has 0 radical (unpaired) electrons. The average molecular weight is 544 g/mol. The molecule has 2 aromatic carbocycles. The number of benzene rings is 2. The fourth-order valence-corrected chi connectivity index (χ4v) is 5.37. The van der Waals surface area contributed by atoms with Gasteiger partial charge in [-0.25, -0.2) is 4.79 Å². The maximum atomic E-state index is 13.2. The molecule has 196 valence electrons. The van der Waals surface area contributed by atoms with Crippen molar-refractivity contribution in [1.82, 2.24) is 0 Å². The largest absolute Gasteiger partial charge is 0.495 e. The van der Waals surface area contributed by atoms with Gasteiger partial charge in [0.05, 0.1) is 31.2 Å². The molecule has 0 spiro atoms. The minimum absolute atomic E-state index is 0.0501. The lowest BCUT2D eigenvalue weighted by Gasteiger charge is -2.22. The quantitative estimate of drug-likeness (QED) is 0.325. The number of halogens is 1. The second kappa shape index (κ2) is 12.3. The maximum Gasteiger partial charge on any atom is 0.332 e. The highest BCUT2D eigenvalue weighted by Crippen LogP contribution is 2.37. The molecule has 4 rings (SSSR count). The highest BCUT2D eigenvalue weighted by Gasteiger charge is 2.26. The number of nitrogens with zero attached hydrogens (tertiary/aromatic N) is 1. The zero-order valence-corrected chi connectivity index (χ0v) is 22.6. The highest BCUT2D eigenvalue weighted by molar-refractivity contribution is 7.18. The lowest BCUT2D eigenvalue weighted by atomic mass is 10.2. The Morgan fingerprint density at radius 2 is 1.95 bits per heavy atom. The Kier molecular flexibility index (Phi) is 8.91. The zero-order chi connectivity index (χ0) is 26.4. The minimum atomic E-state index is -0.355. The van der Waals surface area contributed by atoms with E-state index in [9.17, 15) is 9.59 Å². The predicted octanol–water partition coefficient (Wildman–Crippen LogP) is 5.53. The summed E-state index contributed by atoms with van der Waals surface area (Å²) in [4.78, 5) is 28.5. The fraction of sp³-hybridized carbons (Fsp3) is 0.333. The molecule has 0 bridgehead atoms. The van der Waals surface area contributed by atoms with Crippen LogP contribution in [0.15, 0.2) is 48.5 Å². The molecular weight excluding hydrogens is 514 g/mol. The van der Waals surface area contributed by atoms with Gasteiger partial charge in [0.25, 0.3) is 5.91 Å². The monoisotopic (exact) mass is 543 g/mol. The molecule has 10 heteroatoms. The molecule has 0 unspecified atom stereocenters. The average Bonchev–Trinajstić information content (AvgIpc) is 3.55. The van der Waals surface area contributed by atoms with Crippen LogP contribution in [0.4, 0.5) is 17.1 Å². The number of carbonyl (C=O) groups is 2. The van der Waals surface area contributed by atoms with E-state index in [0.717, 1.165) is 34.8 Å². The van der Waals surface area contributed by atoms with Crippen molar-refractivity contribution >= 4 is 51.9 Å². The van der Waals surface area contributed by atoms with Crippen molar-refractivity contribution in [2.75, 3.05) is 56.0 Å². The number of carbonyl (C=O) groups excluding carboxylic acids is 2. The molecular formula is C27H30ClN3O5S. The van der Waals surface area contributed by atoms with Crippen molar-refractivity contribution in [3.05, 3.63) is 58.4 Å². The standard InChI is InChI=1S/C27H30ClN3O5S/c1-4-35-25(32)16-36-20-11-12-31(15-20)22-10-9-19(13-23(22)34-3)30-27(33)26-21(29-2)14-24(37-26)17-5-7-18(28)8-6-17/h5-10,13-14,20,29H,4,11-12,15-16H2,1-3H3,(H,30,33)/t20-/m1/s1. The van der Waals surface area contributed by atoms with Crippen LogP contribution in [0.1, 0.15) is 23.0 Å². The number of nitrogens with one attached hydrogen (secondary N) is 2. The van der Waals surface area contributed by atoms with E-state index in [4.69, 9.17) is 25.8 Å². The molecule has 3 aromatic rings. The van der Waals surface area contributed by atoms with E-state index >= 15 is 0 Å². The SMILES string of the molecule is CCOC(=O)CO[C@@H]1CCN(c2ccc(NC(=O)c3sc(-c4ccc(Cl)cc4)cc3NC)cc2OC)C1. The number of ether oxygens (including phenoxy) is 3. The number of hydrogen-bond donors (Lipinski definition) is 2. The topological polar surface area (TPSA) is 89.1 Å². The van der Waals surface area contributed by atoms with Crippen molar-refractivity contribution in [3.8, 4) is 16.2 Å². The maximum absolute atomic E-state index is 13.2. The van der Waals surface area contributed by atoms with Crippen LogP contribution in [0.25, 0.3) is 10.4 Å². The third-order valence-corrected chi connectivity index (χ3v) is 7.44. The van der Waals surface area contributed by atoms with Gasteiger partial charge in [0.15, 0.2) is 0 Å². The molecule has 1 fully saturated rings. The van der Waals surface area contributed by atoms with E-state index in [1.54, 1.807) is 21.1 Å². The molecule has 1 atom stereocenters. The summed E-state index contributed by atoms with van der Waals surface area (Å²) >= 11 is 7.42. The summed E-state index contributed by atoms with van der Waals surface area (Å²) in [6, 6.07) is 15.1. The minimum Gasteiger partial charge on any atom is -0.495 e. The number of anilines is 3.